The number of hydrogen-bond acceptors (Lipinski definition) is 3. The summed E-state index contributed by atoms with van der Waals surface area (Å²) >= 11 is 0. The molecule has 1 aliphatic rings. The second-order valence-corrected chi connectivity index (χ2v) is 5.63. The largest absolute Gasteiger partial charge is 0.341 e. The van der Waals surface area contributed by atoms with E-state index >= 15 is 0 Å². The Bertz CT molecular complexity index is 596. The number of hydrogen-bond donors (Lipinski definition) is 0. The first-order chi connectivity index (χ1) is 10.0. The van der Waals surface area contributed by atoms with Crippen LogP contribution >= 0.6 is 0 Å². The average molecular weight is 290 g/mol. The second kappa shape index (κ2) is 6.70. The van der Waals surface area contributed by atoms with E-state index in [9.17, 15) is 14.4 Å². The third-order valence-corrected chi connectivity index (χ3v) is 4.02. The van der Waals surface area contributed by atoms with Gasteiger partial charge in [0, 0.05) is 18.8 Å². The van der Waals surface area contributed by atoms with Gasteiger partial charge in [-0.25, -0.2) is 0 Å². The highest BCUT2D eigenvalue weighted by Gasteiger charge is 2.18. The number of Topliss-reactive ketones (excluding diaryl/α,β-unsaturated/α-hetero) is 1. The minimum absolute atomic E-state index is 0.0196. The first kappa shape index (κ1) is 15.5. The molecule has 5 heteroatoms. The molecule has 21 heavy (non-hydrogen) atoms. The van der Waals surface area contributed by atoms with E-state index in [0.29, 0.717) is 5.69 Å². The van der Waals surface area contributed by atoms with Crippen LogP contribution in [-0.2, 0) is 11.3 Å². The highest BCUT2D eigenvalue weighted by atomic mass is 16.2. The monoisotopic (exact) mass is 290 g/mol. The molecule has 0 atom stereocenters. The highest BCUT2D eigenvalue weighted by Crippen LogP contribution is 2.10. The SMILES string of the molecule is CC(=O)c1ccc(C)n(CC(=O)N2CCCCCC2)c1=O. The lowest BCUT2D eigenvalue weighted by molar-refractivity contribution is -0.131. The molecule has 114 valence electrons. The van der Waals surface area contributed by atoms with Crippen molar-refractivity contribution in [3.8, 4) is 0 Å². The van der Waals surface area contributed by atoms with Gasteiger partial charge in [-0.2, -0.15) is 0 Å². The Kier molecular flexibility index (Phi) is 4.94. The maximum atomic E-state index is 12.4. The third-order valence-electron chi connectivity index (χ3n) is 4.02. The number of carbonyl (C=O) groups is 2. The lowest BCUT2D eigenvalue weighted by atomic mass is 10.2. The van der Waals surface area contributed by atoms with E-state index < -0.39 is 0 Å². The van der Waals surface area contributed by atoms with Gasteiger partial charge >= 0.3 is 0 Å². The van der Waals surface area contributed by atoms with Crippen LogP contribution in [0.2, 0.25) is 0 Å². The first-order valence-corrected chi connectivity index (χ1v) is 7.50. The van der Waals surface area contributed by atoms with Gasteiger partial charge in [0.15, 0.2) is 5.78 Å². The van der Waals surface area contributed by atoms with Gasteiger partial charge in [0.1, 0.15) is 6.54 Å². The Hall–Kier alpha value is -1.91. The van der Waals surface area contributed by atoms with Crippen LogP contribution in [0.15, 0.2) is 16.9 Å². The highest BCUT2D eigenvalue weighted by molar-refractivity contribution is 5.93. The van der Waals surface area contributed by atoms with Crippen LogP contribution in [0.3, 0.4) is 0 Å². The molecule has 0 spiro atoms. The summed E-state index contributed by atoms with van der Waals surface area (Å²) in [5, 5.41) is 0. The summed E-state index contributed by atoms with van der Waals surface area (Å²) in [6, 6.07) is 3.25. The first-order valence-electron chi connectivity index (χ1n) is 7.50. The minimum Gasteiger partial charge on any atom is -0.341 e. The number of ketones is 1. The molecule has 0 aromatic carbocycles. The quantitative estimate of drug-likeness (QED) is 0.797. The summed E-state index contributed by atoms with van der Waals surface area (Å²) in [4.78, 5) is 38.0. The van der Waals surface area contributed by atoms with Crippen molar-refractivity contribution in [3.05, 3.63) is 33.7 Å². The maximum Gasteiger partial charge on any atom is 0.262 e. The number of likely N-dealkylation sites (tertiary alicyclic amines) is 1. The Morgan fingerprint density at radius 1 is 1.10 bits per heavy atom. The fourth-order valence-corrected chi connectivity index (χ4v) is 2.69. The molecule has 1 saturated heterocycles. The number of nitrogens with zero attached hydrogens (tertiary/aromatic N) is 2. The standard InChI is InChI=1S/C16H22N2O3/c1-12-7-8-14(13(2)19)16(21)18(12)11-15(20)17-9-5-3-4-6-10-17/h7-8H,3-6,9-11H2,1-2H3. The summed E-state index contributed by atoms with van der Waals surface area (Å²) in [6.45, 7) is 4.69. The van der Waals surface area contributed by atoms with Crippen molar-refractivity contribution < 1.29 is 9.59 Å². The van der Waals surface area contributed by atoms with Crippen LogP contribution < -0.4 is 5.56 Å². The van der Waals surface area contributed by atoms with E-state index in [1.54, 1.807) is 13.0 Å². The summed E-state index contributed by atoms with van der Waals surface area (Å²) in [5.41, 5.74) is 0.475. The molecule has 0 bridgehead atoms. The molecule has 1 aromatic rings. The van der Waals surface area contributed by atoms with Gasteiger partial charge in [0.05, 0.1) is 5.56 Å². The van der Waals surface area contributed by atoms with Gasteiger partial charge in [-0.3, -0.25) is 14.4 Å². The van der Waals surface area contributed by atoms with Gasteiger partial charge in [-0.05, 0) is 38.8 Å². The van der Waals surface area contributed by atoms with Gasteiger partial charge in [0.25, 0.3) is 5.56 Å². The Labute approximate surface area is 124 Å². The molecule has 2 heterocycles. The predicted molar refractivity (Wildman–Crippen MR) is 80.5 cm³/mol. The maximum absolute atomic E-state index is 12.4. The normalized spacial score (nSPS) is 15.6. The van der Waals surface area contributed by atoms with Gasteiger partial charge in [0.2, 0.25) is 5.91 Å². The molecule has 1 fully saturated rings. The van der Waals surface area contributed by atoms with Crippen LogP contribution in [0.5, 0.6) is 0 Å². The van der Waals surface area contributed by atoms with Crippen LogP contribution in [-0.4, -0.2) is 34.2 Å². The van der Waals surface area contributed by atoms with Gasteiger partial charge < -0.3 is 9.47 Å². The van der Waals surface area contributed by atoms with Crippen molar-refractivity contribution in [3.63, 3.8) is 0 Å². The van der Waals surface area contributed by atoms with E-state index in [1.807, 2.05) is 4.90 Å². The third kappa shape index (κ3) is 3.60. The summed E-state index contributed by atoms with van der Waals surface area (Å²) in [7, 11) is 0. The molecule has 0 N–H and O–H groups in total. The average Bonchev–Trinajstić information content (AvgIpc) is 2.71. The van der Waals surface area contributed by atoms with Crippen molar-refractivity contribution >= 4 is 11.7 Å². The smallest absolute Gasteiger partial charge is 0.262 e. The molecule has 1 aromatic heterocycles. The number of amides is 1. The van der Waals surface area contributed by atoms with E-state index in [4.69, 9.17) is 0 Å². The molecular weight excluding hydrogens is 268 g/mol. The van der Waals surface area contributed by atoms with Gasteiger partial charge in [-0.1, -0.05) is 12.8 Å². The summed E-state index contributed by atoms with van der Waals surface area (Å²) in [6.07, 6.45) is 4.35. The lowest BCUT2D eigenvalue weighted by Crippen LogP contribution is -2.38. The van der Waals surface area contributed by atoms with Crippen LogP contribution in [0.4, 0.5) is 0 Å². The number of aryl methyl sites for hydroxylation is 1. The fourth-order valence-electron chi connectivity index (χ4n) is 2.69. The number of pyridine rings is 1. The predicted octanol–water partition coefficient (Wildman–Crippen LogP) is 1.76. The van der Waals surface area contributed by atoms with Crippen molar-refractivity contribution in [2.24, 2.45) is 0 Å². The number of rotatable bonds is 3. The molecule has 2 rings (SSSR count). The van der Waals surface area contributed by atoms with Crippen LogP contribution in [0, 0.1) is 6.92 Å². The second-order valence-electron chi connectivity index (χ2n) is 5.63. The van der Waals surface area contributed by atoms with Crippen LogP contribution in [0.1, 0.15) is 48.7 Å². The molecule has 0 radical (unpaired) electrons. The Morgan fingerprint density at radius 3 is 2.29 bits per heavy atom. The minimum atomic E-state index is -0.370. The molecule has 5 nitrogen and oxygen atoms in total. The zero-order valence-corrected chi connectivity index (χ0v) is 12.7. The molecule has 1 aliphatic heterocycles. The number of carbonyl (C=O) groups excluding carboxylic acids is 2. The molecular formula is C16H22N2O3. The fraction of sp³-hybridized carbons (Fsp3) is 0.562. The lowest BCUT2D eigenvalue weighted by Gasteiger charge is -2.21. The van der Waals surface area contributed by atoms with E-state index in [0.717, 1.165) is 38.8 Å². The molecule has 0 aliphatic carbocycles. The molecule has 0 unspecified atom stereocenters. The van der Waals surface area contributed by atoms with Gasteiger partial charge in [-0.15, -0.1) is 0 Å². The van der Waals surface area contributed by atoms with E-state index in [2.05, 4.69) is 0 Å². The molecule has 1 amide bonds. The summed E-state index contributed by atoms with van der Waals surface area (Å²) < 4.78 is 1.41. The van der Waals surface area contributed by atoms with Crippen LogP contribution in [0.25, 0.3) is 0 Å². The molecule has 0 saturated carbocycles. The Balaban J connectivity index is 2.22. The topological polar surface area (TPSA) is 59.4 Å². The number of aromatic nitrogens is 1. The van der Waals surface area contributed by atoms with E-state index in [1.165, 1.54) is 17.6 Å². The van der Waals surface area contributed by atoms with E-state index in [-0.39, 0.29) is 29.4 Å². The zero-order chi connectivity index (χ0) is 15.4. The Morgan fingerprint density at radius 2 is 1.71 bits per heavy atom. The van der Waals surface area contributed by atoms with Crippen molar-refractivity contribution in [2.75, 3.05) is 13.1 Å². The summed E-state index contributed by atoms with van der Waals surface area (Å²) in [5.74, 6) is -0.307. The van der Waals surface area contributed by atoms with Crippen molar-refractivity contribution in [2.45, 2.75) is 46.1 Å². The van der Waals surface area contributed by atoms with Crippen molar-refractivity contribution in [1.82, 2.24) is 9.47 Å². The van der Waals surface area contributed by atoms with Crippen molar-refractivity contribution in [1.29, 1.82) is 0 Å². The zero-order valence-electron chi connectivity index (χ0n) is 12.7.